The van der Waals surface area contributed by atoms with Gasteiger partial charge in [-0.05, 0) is 159 Å². The third-order valence-corrected chi connectivity index (χ3v) is 14.3. The highest BCUT2D eigenvalue weighted by Gasteiger charge is 2.47. The van der Waals surface area contributed by atoms with Crippen LogP contribution in [0.2, 0.25) is 0 Å². The second-order valence-corrected chi connectivity index (χ2v) is 19.0. The normalized spacial score (nSPS) is 15.9. The number of aryl methyl sites for hydroxylation is 2. The van der Waals surface area contributed by atoms with Crippen LogP contribution in [0, 0.1) is 13.8 Å². The van der Waals surface area contributed by atoms with Crippen LogP contribution in [0.15, 0.2) is 200 Å². The van der Waals surface area contributed by atoms with Gasteiger partial charge >= 0.3 is 0 Å². The lowest BCUT2D eigenvalue weighted by atomic mass is 9.72. The van der Waals surface area contributed by atoms with Crippen molar-refractivity contribution in [3.8, 4) is 44.5 Å². The minimum absolute atomic E-state index is 0.212. The fraction of sp³-hybridized carbons (Fsp3) is 0.161. The number of anilines is 5. The number of rotatable bonds is 8. The molecule has 0 N–H and O–H groups in total. The molecule has 0 heterocycles. The highest BCUT2D eigenvalue weighted by atomic mass is 15.2. The summed E-state index contributed by atoms with van der Waals surface area (Å²) < 4.78 is 0. The monoisotopic (exact) mass is 826 g/mol. The molecule has 64 heavy (non-hydrogen) atoms. The first kappa shape index (κ1) is 39.7. The van der Waals surface area contributed by atoms with Gasteiger partial charge in [0.2, 0.25) is 0 Å². The van der Waals surface area contributed by atoms with Crippen LogP contribution in [0.4, 0.5) is 28.4 Å². The number of para-hydroxylation sites is 1. The Bertz CT molecular complexity index is 3120. The van der Waals surface area contributed by atoms with E-state index in [1.807, 2.05) is 0 Å². The molecule has 2 nitrogen and oxygen atoms in total. The second kappa shape index (κ2) is 15.3. The average molecular weight is 827 g/mol. The van der Waals surface area contributed by atoms with Crippen molar-refractivity contribution < 1.29 is 0 Å². The van der Waals surface area contributed by atoms with E-state index in [0.29, 0.717) is 0 Å². The Balaban J connectivity index is 1.00. The van der Waals surface area contributed by atoms with Gasteiger partial charge in [0.25, 0.3) is 0 Å². The highest BCUT2D eigenvalue weighted by molar-refractivity contribution is 5.95. The predicted molar refractivity (Wildman–Crippen MR) is 272 cm³/mol. The Kier molecular flexibility index (Phi) is 9.47. The SMILES string of the molecule is Cc1cc(N(c2ccccc2)c2ccc(-c3ccccc3)cc2)cc2c1-c1ccc3c(c1C2(C)C)C(C)(C)c1cc(N(c2ccc(-c4ccccc4)cc2)C2C=CC=CC2)cc(C)c1-3. The molecule has 0 radical (unpaired) electrons. The molecule has 3 aliphatic carbocycles. The molecule has 0 spiro atoms. The molecule has 1 unspecified atom stereocenters. The minimum atomic E-state index is -0.238. The van der Waals surface area contributed by atoms with E-state index in [2.05, 4.69) is 252 Å². The number of allylic oxidation sites excluding steroid dienone is 2. The highest BCUT2D eigenvalue weighted by Crippen LogP contribution is 2.61. The van der Waals surface area contributed by atoms with E-state index >= 15 is 0 Å². The molecule has 0 saturated heterocycles. The fourth-order valence-electron chi connectivity index (χ4n) is 11.3. The maximum Gasteiger partial charge on any atom is 0.0559 e. The lowest BCUT2D eigenvalue weighted by molar-refractivity contribution is 0.601. The third kappa shape index (κ3) is 6.38. The molecular formula is C62H54N2. The van der Waals surface area contributed by atoms with Gasteiger partial charge < -0.3 is 9.80 Å². The topological polar surface area (TPSA) is 6.48 Å². The van der Waals surface area contributed by atoms with Crippen molar-refractivity contribution >= 4 is 28.4 Å². The maximum atomic E-state index is 2.56. The van der Waals surface area contributed by atoms with Crippen molar-refractivity contribution in [2.24, 2.45) is 0 Å². The Labute approximate surface area is 379 Å². The van der Waals surface area contributed by atoms with Gasteiger partial charge in [-0.3, -0.25) is 0 Å². The average Bonchev–Trinajstić information content (AvgIpc) is 3.70. The molecule has 0 aliphatic heterocycles. The summed E-state index contributed by atoms with van der Waals surface area (Å²) in [5.41, 5.74) is 24.2. The van der Waals surface area contributed by atoms with Crippen molar-refractivity contribution in [2.75, 3.05) is 9.80 Å². The third-order valence-electron chi connectivity index (χ3n) is 14.3. The van der Waals surface area contributed by atoms with E-state index in [9.17, 15) is 0 Å². The number of hydrogen-bond acceptors (Lipinski definition) is 2. The summed E-state index contributed by atoms with van der Waals surface area (Å²) in [4.78, 5) is 4.98. The summed E-state index contributed by atoms with van der Waals surface area (Å²) in [5.74, 6) is 0. The van der Waals surface area contributed by atoms with E-state index in [4.69, 9.17) is 0 Å². The summed E-state index contributed by atoms with van der Waals surface area (Å²) >= 11 is 0. The quantitative estimate of drug-likeness (QED) is 0.151. The fourth-order valence-corrected chi connectivity index (χ4v) is 11.3. The van der Waals surface area contributed by atoms with Crippen LogP contribution in [0.3, 0.4) is 0 Å². The van der Waals surface area contributed by atoms with Crippen molar-refractivity contribution in [1.82, 2.24) is 0 Å². The number of hydrogen-bond donors (Lipinski definition) is 0. The van der Waals surface area contributed by atoms with E-state index in [0.717, 1.165) is 17.8 Å². The molecule has 3 aliphatic rings. The first-order valence-corrected chi connectivity index (χ1v) is 22.9. The van der Waals surface area contributed by atoms with Crippen molar-refractivity contribution in [3.05, 3.63) is 234 Å². The van der Waals surface area contributed by atoms with Crippen molar-refractivity contribution in [1.29, 1.82) is 0 Å². The molecule has 8 aromatic carbocycles. The summed E-state index contributed by atoms with van der Waals surface area (Å²) in [6, 6.07) is 65.3. The van der Waals surface area contributed by atoms with Crippen LogP contribution < -0.4 is 9.80 Å². The summed E-state index contributed by atoms with van der Waals surface area (Å²) in [6.07, 6.45) is 9.99. The Morgan fingerprint density at radius 1 is 0.422 bits per heavy atom. The summed E-state index contributed by atoms with van der Waals surface area (Å²) in [7, 11) is 0. The van der Waals surface area contributed by atoms with Crippen LogP contribution in [0.5, 0.6) is 0 Å². The van der Waals surface area contributed by atoms with Gasteiger partial charge in [-0.2, -0.15) is 0 Å². The molecule has 8 aromatic rings. The first-order valence-electron chi connectivity index (χ1n) is 22.9. The molecule has 0 bridgehead atoms. The molecule has 0 saturated carbocycles. The van der Waals surface area contributed by atoms with Crippen LogP contribution in [0.1, 0.15) is 67.5 Å². The molecule has 1 atom stereocenters. The zero-order chi connectivity index (χ0) is 43.7. The Hall–Kier alpha value is -7.16. The lowest BCUT2D eigenvalue weighted by Gasteiger charge is -2.35. The van der Waals surface area contributed by atoms with E-state index in [-0.39, 0.29) is 16.9 Å². The van der Waals surface area contributed by atoms with E-state index in [1.54, 1.807) is 0 Å². The van der Waals surface area contributed by atoms with Gasteiger partial charge in [0.05, 0.1) is 6.04 Å². The minimum Gasteiger partial charge on any atom is -0.334 e. The van der Waals surface area contributed by atoms with Crippen LogP contribution in [-0.2, 0) is 10.8 Å². The van der Waals surface area contributed by atoms with Crippen LogP contribution in [0.25, 0.3) is 44.5 Å². The van der Waals surface area contributed by atoms with Crippen molar-refractivity contribution in [2.45, 2.75) is 64.8 Å². The molecule has 312 valence electrons. The number of fused-ring (bicyclic) bond motifs is 7. The van der Waals surface area contributed by atoms with Crippen LogP contribution >= 0.6 is 0 Å². The standard InChI is InChI=1S/C62H54N2/c1-41-37-51(63(47-23-15-9-16-24-47)49-31-27-45(28-32-49)43-19-11-7-12-20-43)39-55-57(41)53-35-36-54-58-42(2)38-52(40-56(58)62(5,6)60(54)59(53)61(55,3)4)64(48-25-17-10-18-26-48)50-33-29-46(30-34-50)44-21-13-8-14-22-44/h7-25,27-40,48H,26H2,1-6H3. The van der Waals surface area contributed by atoms with Gasteiger partial charge in [0.1, 0.15) is 0 Å². The largest absolute Gasteiger partial charge is 0.334 e. The van der Waals surface area contributed by atoms with E-state index < -0.39 is 0 Å². The number of nitrogens with zero attached hydrogens (tertiary/aromatic N) is 2. The van der Waals surface area contributed by atoms with Gasteiger partial charge in [-0.1, -0.05) is 167 Å². The molecule has 0 amide bonds. The van der Waals surface area contributed by atoms with Gasteiger partial charge in [0, 0.05) is 39.3 Å². The van der Waals surface area contributed by atoms with Crippen molar-refractivity contribution in [3.63, 3.8) is 0 Å². The molecular weight excluding hydrogens is 773 g/mol. The predicted octanol–water partition coefficient (Wildman–Crippen LogP) is 16.7. The second-order valence-electron chi connectivity index (χ2n) is 19.0. The summed E-state index contributed by atoms with van der Waals surface area (Å²) in [6.45, 7) is 14.5. The number of benzene rings is 8. The molecule has 0 aromatic heterocycles. The lowest BCUT2D eigenvalue weighted by Crippen LogP contribution is -2.30. The maximum absolute atomic E-state index is 2.56. The van der Waals surface area contributed by atoms with Gasteiger partial charge in [-0.25, -0.2) is 0 Å². The zero-order valence-corrected chi connectivity index (χ0v) is 37.7. The zero-order valence-electron chi connectivity index (χ0n) is 37.7. The molecule has 0 fully saturated rings. The van der Waals surface area contributed by atoms with Gasteiger partial charge in [0.15, 0.2) is 0 Å². The van der Waals surface area contributed by atoms with E-state index in [1.165, 1.54) is 95.0 Å². The Morgan fingerprint density at radius 3 is 1.36 bits per heavy atom. The van der Waals surface area contributed by atoms with Crippen LogP contribution in [-0.4, -0.2) is 6.04 Å². The first-order chi connectivity index (χ1) is 31.1. The summed E-state index contributed by atoms with van der Waals surface area (Å²) in [5, 5.41) is 0. The molecule has 2 heteroatoms. The molecule has 11 rings (SSSR count). The van der Waals surface area contributed by atoms with Gasteiger partial charge in [-0.15, -0.1) is 0 Å². The Morgan fingerprint density at radius 2 is 0.859 bits per heavy atom. The smallest absolute Gasteiger partial charge is 0.0559 e.